The van der Waals surface area contributed by atoms with E-state index < -0.39 is 10.7 Å². The Bertz CT molecular complexity index is 1080. The lowest BCUT2D eigenvalue weighted by Gasteiger charge is -2.27. The average molecular weight is 412 g/mol. The maximum absolute atomic E-state index is 14.1. The van der Waals surface area contributed by atoms with Gasteiger partial charge in [-0.3, -0.25) is 10.1 Å². The van der Waals surface area contributed by atoms with Crippen LogP contribution in [0.2, 0.25) is 0 Å². The molecule has 0 amide bonds. The third-order valence-electron chi connectivity index (χ3n) is 4.39. The van der Waals surface area contributed by atoms with Crippen LogP contribution in [-0.4, -0.2) is 47.4 Å². The number of nitro benzene ring substituents is 1. The van der Waals surface area contributed by atoms with Crippen molar-refractivity contribution in [2.45, 2.75) is 0 Å². The Morgan fingerprint density at radius 1 is 1.23 bits per heavy atom. The highest BCUT2D eigenvalue weighted by molar-refractivity contribution is 5.79. The van der Waals surface area contributed by atoms with Crippen LogP contribution in [0.1, 0.15) is 5.76 Å². The first-order valence-electron chi connectivity index (χ1n) is 9.10. The van der Waals surface area contributed by atoms with Gasteiger partial charge in [-0.15, -0.1) is 0 Å². The quantitative estimate of drug-likeness (QED) is 0.373. The first-order chi connectivity index (χ1) is 14.6. The molecule has 11 heteroatoms. The summed E-state index contributed by atoms with van der Waals surface area (Å²) in [5.74, 6) is 0.497. The van der Waals surface area contributed by atoms with E-state index in [1.165, 1.54) is 12.3 Å². The Labute approximate surface area is 170 Å². The van der Waals surface area contributed by atoms with Crippen LogP contribution < -0.4 is 10.3 Å². The molecule has 0 aliphatic carbocycles. The second-order valence-corrected chi connectivity index (χ2v) is 6.31. The van der Waals surface area contributed by atoms with Gasteiger partial charge in [0.2, 0.25) is 5.95 Å². The van der Waals surface area contributed by atoms with Gasteiger partial charge in [-0.25, -0.2) is 14.8 Å². The third kappa shape index (κ3) is 4.25. The maximum Gasteiger partial charge on any atom is 0.280 e. The van der Waals surface area contributed by atoms with E-state index in [2.05, 4.69) is 20.5 Å². The molecule has 3 heterocycles. The zero-order valence-electron chi connectivity index (χ0n) is 15.7. The highest BCUT2D eigenvalue weighted by Crippen LogP contribution is 2.30. The van der Waals surface area contributed by atoms with Crippen LogP contribution in [-0.2, 0) is 4.74 Å². The highest BCUT2D eigenvalue weighted by atomic mass is 19.1. The van der Waals surface area contributed by atoms with E-state index in [1.807, 2.05) is 0 Å². The van der Waals surface area contributed by atoms with E-state index in [9.17, 15) is 14.5 Å². The number of halogens is 1. The van der Waals surface area contributed by atoms with Gasteiger partial charge in [-0.05, 0) is 18.2 Å². The molecule has 3 aromatic rings. The number of furan rings is 1. The van der Waals surface area contributed by atoms with Gasteiger partial charge in [0.1, 0.15) is 11.5 Å². The van der Waals surface area contributed by atoms with Gasteiger partial charge in [-0.2, -0.15) is 10.1 Å². The van der Waals surface area contributed by atoms with E-state index >= 15 is 0 Å². The largest absolute Gasteiger partial charge is 0.455 e. The number of hydrogen-bond acceptors (Lipinski definition) is 9. The van der Waals surface area contributed by atoms with Crippen LogP contribution in [0.25, 0.3) is 11.3 Å². The summed E-state index contributed by atoms with van der Waals surface area (Å²) in [4.78, 5) is 20.5. The molecule has 10 nitrogen and oxygen atoms in total. The number of nitrogens with zero attached hydrogens (tertiary/aromatic N) is 5. The van der Waals surface area contributed by atoms with Gasteiger partial charge in [-0.1, -0.05) is 12.1 Å². The van der Waals surface area contributed by atoms with Crippen LogP contribution in [0, 0.1) is 15.9 Å². The molecule has 0 bridgehead atoms. The van der Waals surface area contributed by atoms with Gasteiger partial charge in [0.05, 0.1) is 36.1 Å². The molecule has 0 saturated carbocycles. The lowest BCUT2D eigenvalue weighted by atomic mass is 10.1. The fourth-order valence-electron chi connectivity index (χ4n) is 2.97. The number of hydrogen-bond donors (Lipinski definition) is 1. The summed E-state index contributed by atoms with van der Waals surface area (Å²) < 4.78 is 24.9. The predicted molar refractivity (Wildman–Crippen MR) is 107 cm³/mol. The number of aromatic nitrogens is 2. The SMILES string of the molecule is O=[N+]([O-])c1ccccc1-c1ccc(/C=N/Nc2ncc(F)c(N3CCOCC3)n2)o1. The molecule has 1 N–H and O–H groups in total. The first kappa shape index (κ1) is 19.5. The fourth-order valence-corrected chi connectivity index (χ4v) is 2.97. The summed E-state index contributed by atoms with van der Waals surface area (Å²) in [6, 6.07) is 9.54. The smallest absolute Gasteiger partial charge is 0.280 e. The molecule has 1 fully saturated rings. The van der Waals surface area contributed by atoms with Crippen molar-refractivity contribution >= 4 is 23.7 Å². The topological polar surface area (TPSA) is 119 Å². The molecule has 1 aliphatic heterocycles. The number of nitro groups is 1. The third-order valence-corrected chi connectivity index (χ3v) is 4.39. The van der Waals surface area contributed by atoms with Crippen molar-refractivity contribution in [2.75, 3.05) is 36.6 Å². The van der Waals surface area contributed by atoms with Crippen molar-refractivity contribution in [3.63, 3.8) is 0 Å². The molecule has 0 atom stereocenters. The summed E-state index contributed by atoms with van der Waals surface area (Å²) >= 11 is 0. The number of para-hydroxylation sites is 1. The van der Waals surface area contributed by atoms with Gasteiger partial charge >= 0.3 is 0 Å². The molecule has 2 aromatic heterocycles. The minimum Gasteiger partial charge on any atom is -0.455 e. The van der Waals surface area contributed by atoms with E-state index in [4.69, 9.17) is 9.15 Å². The fraction of sp³-hybridized carbons (Fsp3) is 0.211. The molecular formula is C19H17FN6O4. The van der Waals surface area contributed by atoms with Crippen LogP contribution in [0.4, 0.5) is 21.8 Å². The molecule has 1 saturated heterocycles. The molecule has 1 aromatic carbocycles. The number of benzene rings is 1. The zero-order chi connectivity index (χ0) is 20.9. The normalized spacial score (nSPS) is 14.2. The van der Waals surface area contributed by atoms with Crippen molar-refractivity contribution in [3.05, 3.63) is 64.3 Å². The van der Waals surface area contributed by atoms with E-state index in [0.717, 1.165) is 6.20 Å². The molecule has 4 rings (SSSR count). The monoisotopic (exact) mass is 412 g/mol. The van der Waals surface area contributed by atoms with Gasteiger partial charge < -0.3 is 14.1 Å². The highest BCUT2D eigenvalue weighted by Gasteiger charge is 2.18. The molecule has 30 heavy (non-hydrogen) atoms. The summed E-state index contributed by atoms with van der Waals surface area (Å²) in [5.41, 5.74) is 2.95. The minimum absolute atomic E-state index is 0.0520. The molecule has 0 radical (unpaired) electrons. The second kappa shape index (κ2) is 8.66. The number of rotatable bonds is 6. The van der Waals surface area contributed by atoms with Crippen molar-refractivity contribution in [1.29, 1.82) is 0 Å². The molecule has 0 unspecified atom stereocenters. The number of nitrogens with one attached hydrogen (secondary N) is 1. The van der Waals surface area contributed by atoms with Gasteiger partial charge in [0.25, 0.3) is 5.69 Å². The Hall–Kier alpha value is -3.86. The first-order valence-corrected chi connectivity index (χ1v) is 9.10. The van der Waals surface area contributed by atoms with Gasteiger partial charge in [0.15, 0.2) is 11.6 Å². The Morgan fingerprint density at radius 2 is 2.03 bits per heavy atom. The van der Waals surface area contributed by atoms with Crippen LogP contribution in [0.15, 0.2) is 52.1 Å². The lowest BCUT2D eigenvalue weighted by molar-refractivity contribution is -0.384. The number of ether oxygens (including phenoxy) is 1. The summed E-state index contributed by atoms with van der Waals surface area (Å²) in [5, 5.41) is 15.2. The van der Waals surface area contributed by atoms with Crippen LogP contribution in [0.5, 0.6) is 0 Å². The second-order valence-electron chi connectivity index (χ2n) is 6.31. The van der Waals surface area contributed by atoms with Crippen molar-refractivity contribution in [2.24, 2.45) is 5.10 Å². The van der Waals surface area contributed by atoms with E-state index in [-0.39, 0.29) is 17.5 Å². The van der Waals surface area contributed by atoms with Crippen molar-refractivity contribution in [3.8, 4) is 11.3 Å². The van der Waals surface area contributed by atoms with Crippen molar-refractivity contribution in [1.82, 2.24) is 9.97 Å². The van der Waals surface area contributed by atoms with Crippen LogP contribution in [0.3, 0.4) is 0 Å². The average Bonchev–Trinajstić information content (AvgIpc) is 3.24. The van der Waals surface area contributed by atoms with Gasteiger partial charge in [0, 0.05) is 19.2 Å². The predicted octanol–water partition coefficient (Wildman–Crippen LogP) is 3.07. The number of anilines is 2. The summed E-state index contributed by atoms with van der Waals surface area (Å²) in [6.07, 6.45) is 2.45. The standard InChI is InChI=1S/C19H17FN6O4/c20-15-12-21-19(23-18(15)25-7-9-29-10-8-25)24-22-11-13-5-6-17(30-13)14-3-1-2-4-16(14)26(27)28/h1-6,11-12H,7-10H2,(H,21,23,24)/b22-11+. The zero-order valence-corrected chi connectivity index (χ0v) is 15.7. The Morgan fingerprint density at radius 3 is 2.83 bits per heavy atom. The number of morpholine rings is 1. The molecule has 0 spiro atoms. The Kier molecular flexibility index (Phi) is 5.61. The summed E-state index contributed by atoms with van der Waals surface area (Å²) in [7, 11) is 0. The van der Waals surface area contributed by atoms with Crippen LogP contribution >= 0.6 is 0 Å². The Balaban J connectivity index is 1.47. The number of hydrazone groups is 1. The molecule has 1 aliphatic rings. The van der Waals surface area contributed by atoms with E-state index in [1.54, 1.807) is 35.2 Å². The maximum atomic E-state index is 14.1. The summed E-state index contributed by atoms with van der Waals surface area (Å²) in [6.45, 7) is 2.09. The lowest BCUT2D eigenvalue weighted by Crippen LogP contribution is -2.37. The molecular weight excluding hydrogens is 395 g/mol. The van der Waals surface area contributed by atoms with E-state index in [0.29, 0.717) is 43.4 Å². The minimum atomic E-state index is -0.522. The van der Waals surface area contributed by atoms with Crippen molar-refractivity contribution < 1.29 is 18.5 Å². The molecule has 154 valence electrons.